The molecule has 0 spiro atoms. The normalized spacial score (nSPS) is 16.5. The lowest BCUT2D eigenvalue weighted by atomic mass is 9.90. The Labute approximate surface area is 206 Å². The number of allylic oxidation sites excluding steroid dienone is 1. The number of carbonyl (C=O) groups excluding carboxylic acids is 1. The van der Waals surface area contributed by atoms with Gasteiger partial charge in [-0.3, -0.25) is 4.79 Å². The minimum atomic E-state index is -4.72. The first-order valence-corrected chi connectivity index (χ1v) is 13.1. The average molecular weight is 519 g/mol. The smallest absolute Gasteiger partial charge is 0.348 e. The van der Waals surface area contributed by atoms with Gasteiger partial charge in [0.25, 0.3) is 5.91 Å². The summed E-state index contributed by atoms with van der Waals surface area (Å²) >= 11 is 0. The van der Waals surface area contributed by atoms with E-state index in [1.54, 1.807) is 48.5 Å². The molecule has 1 amide bonds. The minimum absolute atomic E-state index is 0.183. The number of aromatic nitrogens is 2. The lowest BCUT2D eigenvalue weighted by Gasteiger charge is -2.24. The van der Waals surface area contributed by atoms with Crippen LogP contribution in [0.2, 0.25) is 0 Å². The predicted molar refractivity (Wildman–Crippen MR) is 129 cm³/mol. The standard InChI is InChI=1S/C25H25F3N4O3S/c1-36(34,35)22-8-3-2-7-20(22)17-9-11-18(12-10-17)30-24(33)21-14-23(25(26,27)28)31-32(21)19-6-4-5-16(13-19)15-29/h2-9,13-14,18H,10-12,15,29H2,1H3,(H,30,33). The number of sulfone groups is 1. The van der Waals surface area contributed by atoms with Crippen LogP contribution in [-0.4, -0.2) is 36.4 Å². The molecule has 1 heterocycles. The van der Waals surface area contributed by atoms with Crippen molar-refractivity contribution in [3.8, 4) is 5.69 Å². The second kappa shape index (κ2) is 9.90. The zero-order valence-corrected chi connectivity index (χ0v) is 20.2. The van der Waals surface area contributed by atoms with E-state index < -0.39 is 27.6 Å². The van der Waals surface area contributed by atoms with Crippen LogP contribution < -0.4 is 11.1 Å². The first-order chi connectivity index (χ1) is 17.0. The minimum Gasteiger partial charge on any atom is -0.348 e. The molecule has 36 heavy (non-hydrogen) atoms. The molecule has 11 heteroatoms. The first-order valence-electron chi connectivity index (χ1n) is 11.2. The Balaban J connectivity index is 1.58. The molecule has 0 bridgehead atoms. The highest BCUT2D eigenvalue weighted by atomic mass is 32.2. The third-order valence-corrected chi connectivity index (χ3v) is 7.16. The summed E-state index contributed by atoms with van der Waals surface area (Å²) in [4.78, 5) is 13.3. The number of halogens is 3. The number of nitrogens with two attached hydrogens (primary N) is 1. The topological polar surface area (TPSA) is 107 Å². The van der Waals surface area contributed by atoms with Crippen LogP contribution >= 0.6 is 0 Å². The number of amides is 1. The van der Waals surface area contributed by atoms with Gasteiger partial charge < -0.3 is 11.1 Å². The second-order valence-electron chi connectivity index (χ2n) is 8.64. The number of benzene rings is 2. The van der Waals surface area contributed by atoms with E-state index in [2.05, 4.69) is 10.4 Å². The van der Waals surface area contributed by atoms with E-state index in [1.165, 1.54) is 0 Å². The van der Waals surface area contributed by atoms with Crippen LogP contribution in [0.4, 0.5) is 13.2 Å². The Morgan fingerprint density at radius 3 is 2.56 bits per heavy atom. The van der Waals surface area contributed by atoms with Crippen LogP contribution in [0.5, 0.6) is 0 Å². The second-order valence-corrected chi connectivity index (χ2v) is 10.6. The average Bonchev–Trinajstić information content (AvgIpc) is 3.31. The van der Waals surface area contributed by atoms with E-state index >= 15 is 0 Å². The van der Waals surface area contributed by atoms with Gasteiger partial charge in [-0.15, -0.1) is 0 Å². The van der Waals surface area contributed by atoms with E-state index in [0.717, 1.165) is 22.6 Å². The number of rotatable bonds is 6. The summed E-state index contributed by atoms with van der Waals surface area (Å²) in [5.74, 6) is -0.686. The largest absolute Gasteiger partial charge is 0.435 e. The molecule has 1 aromatic heterocycles. The number of alkyl halides is 3. The lowest BCUT2D eigenvalue weighted by molar-refractivity contribution is -0.141. The highest BCUT2D eigenvalue weighted by molar-refractivity contribution is 7.90. The van der Waals surface area contributed by atoms with Gasteiger partial charge in [0.05, 0.1) is 10.6 Å². The van der Waals surface area contributed by atoms with Gasteiger partial charge in [-0.1, -0.05) is 36.4 Å². The molecule has 1 aliphatic carbocycles. The van der Waals surface area contributed by atoms with Gasteiger partial charge in [0, 0.05) is 24.9 Å². The summed E-state index contributed by atoms with van der Waals surface area (Å²) in [5.41, 5.74) is 6.69. The molecule has 7 nitrogen and oxygen atoms in total. The van der Waals surface area contributed by atoms with E-state index in [-0.39, 0.29) is 23.2 Å². The van der Waals surface area contributed by atoms with Crippen molar-refractivity contribution in [2.75, 3.05) is 6.26 Å². The van der Waals surface area contributed by atoms with Crippen molar-refractivity contribution in [3.05, 3.63) is 83.2 Å². The fraction of sp³-hybridized carbons (Fsp3) is 0.280. The zero-order chi connectivity index (χ0) is 26.1. The molecule has 2 aromatic carbocycles. The number of carbonyl (C=O) groups is 1. The van der Waals surface area contributed by atoms with E-state index in [9.17, 15) is 26.4 Å². The van der Waals surface area contributed by atoms with Crippen molar-refractivity contribution in [1.29, 1.82) is 0 Å². The summed E-state index contributed by atoms with van der Waals surface area (Å²) < 4.78 is 65.5. The van der Waals surface area contributed by atoms with Crippen LogP contribution in [0, 0.1) is 0 Å². The summed E-state index contributed by atoms with van der Waals surface area (Å²) in [6.07, 6.45) is -0.299. The Morgan fingerprint density at radius 1 is 1.17 bits per heavy atom. The Hall–Kier alpha value is -3.44. The molecule has 3 N–H and O–H groups in total. The molecule has 1 aliphatic rings. The third-order valence-electron chi connectivity index (χ3n) is 6.00. The Kier molecular flexibility index (Phi) is 7.05. The van der Waals surface area contributed by atoms with Crippen LogP contribution in [0.15, 0.2) is 65.6 Å². The van der Waals surface area contributed by atoms with Gasteiger partial charge >= 0.3 is 6.18 Å². The maximum atomic E-state index is 13.4. The molecule has 1 unspecified atom stereocenters. The van der Waals surface area contributed by atoms with Crippen molar-refractivity contribution < 1.29 is 26.4 Å². The van der Waals surface area contributed by atoms with Crippen molar-refractivity contribution in [2.24, 2.45) is 5.73 Å². The molecule has 190 valence electrons. The SMILES string of the molecule is CS(=O)(=O)c1ccccc1C1=CCC(NC(=O)c2cc(C(F)(F)F)nn2-c2cccc(CN)c2)CC1. The van der Waals surface area contributed by atoms with Gasteiger partial charge in [0.2, 0.25) is 0 Å². The van der Waals surface area contributed by atoms with Crippen LogP contribution in [-0.2, 0) is 22.6 Å². The molecular weight excluding hydrogens is 493 g/mol. The molecule has 3 aromatic rings. The Morgan fingerprint density at radius 2 is 1.92 bits per heavy atom. The van der Waals surface area contributed by atoms with Gasteiger partial charge in [0.15, 0.2) is 15.5 Å². The van der Waals surface area contributed by atoms with Crippen LogP contribution in [0.25, 0.3) is 11.3 Å². The molecule has 0 saturated carbocycles. The molecule has 0 saturated heterocycles. The van der Waals surface area contributed by atoms with E-state index in [1.807, 2.05) is 6.08 Å². The first kappa shape index (κ1) is 25.6. The zero-order valence-electron chi connectivity index (χ0n) is 19.4. The maximum absolute atomic E-state index is 13.4. The highest BCUT2D eigenvalue weighted by Gasteiger charge is 2.36. The molecule has 4 rings (SSSR count). The molecule has 0 aliphatic heterocycles. The summed E-state index contributed by atoms with van der Waals surface area (Å²) in [6.45, 7) is 0.183. The number of hydrogen-bond acceptors (Lipinski definition) is 5. The molecule has 1 atom stereocenters. The summed E-state index contributed by atoms with van der Waals surface area (Å²) in [6, 6.07) is 13.6. The fourth-order valence-corrected chi connectivity index (χ4v) is 5.14. The number of hydrogen-bond donors (Lipinski definition) is 2. The number of nitrogens with one attached hydrogen (secondary N) is 1. The molecule has 0 radical (unpaired) electrons. The van der Waals surface area contributed by atoms with E-state index in [0.29, 0.717) is 36.1 Å². The van der Waals surface area contributed by atoms with Crippen molar-refractivity contribution >= 4 is 21.3 Å². The number of nitrogens with zero attached hydrogens (tertiary/aromatic N) is 2. The monoisotopic (exact) mass is 518 g/mol. The summed E-state index contributed by atoms with van der Waals surface area (Å²) in [7, 11) is -3.42. The van der Waals surface area contributed by atoms with Gasteiger partial charge in [0.1, 0.15) is 5.69 Å². The van der Waals surface area contributed by atoms with Crippen LogP contribution in [0.3, 0.4) is 0 Å². The van der Waals surface area contributed by atoms with Crippen molar-refractivity contribution in [2.45, 2.75) is 42.9 Å². The lowest BCUT2D eigenvalue weighted by Crippen LogP contribution is -2.36. The predicted octanol–water partition coefficient (Wildman–Crippen LogP) is 4.12. The molecular formula is C25H25F3N4O3S. The third kappa shape index (κ3) is 5.52. The summed E-state index contributed by atoms with van der Waals surface area (Å²) in [5, 5.41) is 6.45. The fourth-order valence-electron chi connectivity index (χ4n) is 4.22. The van der Waals surface area contributed by atoms with Crippen LogP contribution in [0.1, 0.15) is 46.6 Å². The Bertz CT molecular complexity index is 1430. The molecule has 0 fully saturated rings. The van der Waals surface area contributed by atoms with E-state index in [4.69, 9.17) is 5.73 Å². The van der Waals surface area contributed by atoms with Gasteiger partial charge in [-0.2, -0.15) is 18.3 Å². The van der Waals surface area contributed by atoms with Crippen molar-refractivity contribution in [1.82, 2.24) is 15.1 Å². The maximum Gasteiger partial charge on any atom is 0.435 e. The van der Waals surface area contributed by atoms with Gasteiger partial charge in [-0.25, -0.2) is 13.1 Å². The van der Waals surface area contributed by atoms with Gasteiger partial charge in [-0.05, 0) is 54.2 Å². The highest BCUT2D eigenvalue weighted by Crippen LogP contribution is 2.32. The quantitative estimate of drug-likeness (QED) is 0.511. The van der Waals surface area contributed by atoms with Crippen molar-refractivity contribution in [3.63, 3.8) is 0 Å².